The number of carbonyl (C=O) groups excluding carboxylic acids is 1. The van der Waals surface area contributed by atoms with Crippen LogP contribution >= 0.6 is 0 Å². The Kier molecular flexibility index (Phi) is 3.69. The van der Waals surface area contributed by atoms with Crippen LogP contribution in [-0.4, -0.2) is 15.5 Å². The number of fused-ring (bicyclic) bond motifs is 1. The molecule has 0 aliphatic heterocycles. The number of aryl methyl sites for hydroxylation is 1. The van der Waals surface area contributed by atoms with Crippen LogP contribution in [0.3, 0.4) is 0 Å². The smallest absolute Gasteiger partial charge is 0.240 e. The van der Waals surface area contributed by atoms with Crippen LogP contribution in [-0.2, 0) is 17.9 Å². The van der Waals surface area contributed by atoms with Gasteiger partial charge in [0.2, 0.25) is 5.91 Å². The van der Waals surface area contributed by atoms with Gasteiger partial charge in [-0.05, 0) is 42.1 Å². The molecular weight excluding hydrogens is 262 g/mol. The second-order valence-electron chi connectivity index (χ2n) is 5.06. The van der Waals surface area contributed by atoms with E-state index in [0.29, 0.717) is 13.1 Å². The van der Waals surface area contributed by atoms with Gasteiger partial charge >= 0.3 is 0 Å². The number of nitrogens with one attached hydrogen (secondary N) is 1. The number of para-hydroxylation sites is 1. The van der Waals surface area contributed by atoms with E-state index in [2.05, 4.69) is 22.4 Å². The Morgan fingerprint density at radius 1 is 1.19 bits per heavy atom. The predicted molar refractivity (Wildman–Crippen MR) is 82.8 cm³/mol. The van der Waals surface area contributed by atoms with Crippen molar-refractivity contribution in [1.82, 2.24) is 14.9 Å². The van der Waals surface area contributed by atoms with Crippen LogP contribution in [0.5, 0.6) is 0 Å². The average molecular weight is 279 g/mol. The molecule has 1 N–H and O–H groups in total. The van der Waals surface area contributed by atoms with Gasteiger partial charge in [0, 0.05) is 30.1 Å². The lowest BCUT2D eigenvalue weighted by atomic mass is 10.2. The van der Waals surface area contributed by atoms with Crippen molar-refractivity contribution in [2.24, 2.45) is 0 Å². The SMILES string of the molecule is Cc1cc2ccccc2n1CC(=O)NCc1ccncc1. The maximum Gasteiger partial charge on any atom is 0.240 e. The maximum atomic E-state index is 12.1. The van der Waals surface area contributed by atoms with E-state index >= 15 is 0 Å². The molecule has 0 spiro atoms. The summed E-state index contributed by atoms with van der Waals surface area (Å²) in [5.41, 5.74) is 3.23. The number of amides is 1. The van der Waals surface area contributed by atoms with Crippen LogP contribution < -0.4 is 5.32 Å². The highest BCUT2D eigenvalue weighted by atomic mass is 16.1. The molecule has 0 unspecified atom stereocenters. The van der Waals surface area contributed by atoms with Crippen molar-refractivity contribution in [3.63, 3.8) is 0 Å². The van der Waals surface area contributed by atoms with Crippen LogP contribution in [0.1, 0.15) is 11.3 Å². The van der Waals surface area contributed by atoms with E-state index in [1.807, 2.05) is 41.8 Å². The van der Waals surface area contributed by atoms with E-state index in [1.54, 1.807) is 12.4 Å². The number of carbonyl (C=O) groups is 1. The summed E-state index contributed by atoms with van der Waals surface area (Å²) in [4.78, 5) is 16.1. The van der Waals surface area contributed by atoms with Crippen LogP contribution in [0.4, 0.5) is 0 Å². The van der Waals surface area contributed by atoms with E-state index in [4.69, 9.17) is 0 Å². The van der Waals surface area contributed by atoms with E-state index in [1.165, 1.54) is 0 Å². The molecule has 0 aliphatic carbocycles. The number of pyridine rings is 1. The van der Waals surface area contributed by atoms with Crippen molar-refractivity contribution in [3.8, 4) is 0 Å². The molecule has 0 bridgehead atoms. The fourth-order valence-electron chi connectivity index (χ4n) is 2.46. The van der Waals surface area contributed by atoms with Gasteiger partial charge in [-0.1, -0.05) is 18.2 Å². The fraction of sp³-hybridized carbons (Fsp3) is 0.176. The quantitative estimate of drug-likeness (QED) is 0.798. The number of hydrogen-bond acceptors (Lipinski definition) is 2. The van der Waals surface area contributed by atoms with Crippen LogP contribution in [0.25, 0.3) is 10.9 Å². The molecule has 2 aromatic heterocycles. The fourth-order valence-corrected chi connectivity index (χ4v) is 2.46. The van der Waals surface area contributed by atoms with Gasteiger partial charge in [0.25, 0.3) is 0 Å². The Bertz CT molecular complexity index is 762. The molecule has 0 radical (unpaired) electrons. The first kappa shape index (κ1) is 13.4. The van der Waals surface area contributed by atoms with Crippen molar-refractivity contribution in [3.05, 3.63) is 66.1 Å². The molecule has 3 rings (SSSR count). The molecule has 0 fully saturated rings. The third-order valence-electron chi connectivity index (χ3n) is 3.56. The highest BCUT2D eigenvalue weighted by molar-refractivity contribution is 5.84. The van der Waals surface area contributed by atoms with Crippen molar-refractivity contribution in [2.75, 3.05) is 0 Å². The van der Waals surface area contributed by atoms with Crippen LogP contribution in [0, 0.1) is 6.92 Å². The normalized spacial score (nSPS) is 10.7. The molecule has 0 aliphatic rings. The first-order chi connectivity index (χ1) is 10.2. The second-order valence-corrected chi connectivity index (χ2v) is 5.06. The average Bonchev–Trinajstić information content (AvgIpc) is 2.82. The molecule has 1 amide bonds. The zero-order valence-corrected chi connectivity index (χ0v) is 11.9. The van der Waals surface area contributed by atoms with Gasteiger partial charge in [-0.15, -0.1) is 0 Å². The molecule has 2 heterocycles. The first-order valence-electron chi connectivity index (χ1n) is 6.94. The third-order valence-corrected chi connectivity index (χ3v) is 3.56. The summed E-state index contributed by atoms with van der Waals surface area (Å²) < 4.78 is 2.04. The molecule has 21 heavy (non-hydrogen) atoms. The Morgan fingerprint density at radius 2 is 1.95 bits per heavy atom. The standard InChI is InChI=1S/C17H17N3O/c1-13-10-15-4-2-3-5-16(15)20(13)12-17(21)19-11-14-6-8-18-9-7-14/h2-10H,11-12H2,1H3,(H,19,21). The molecule has 0 saturated heterocycles. The molecule has 1 aromatic carbocycles. The molecule has 4 heteroatoms. The van der Waals surface area contributed by atoms with Gasteiger partial charge in [-0.2, -0.15) is 0 Å². The van der Waals surface area contributed by atoms with Crippen molar-refractivity contribution >= 4 is 16.8 Å². The highest BCUT2D eigenvalue weighted by Gasteiger charge is 2.09. The number of hydrogen-bond donors (Lipinski definition) is 1. The number of aromatic nitrogens is 2. The summed E-state index contributed by atoms with van der Waals surface area (Å²) in [5, 5.41) is 4.11. The van der Waals surface area contributed by atoms with Gasteiger partial charge in [-0.3, -0.25) is 9.78 Å². The monoisotopic (exact) mass is 279 g/mol. The lowest BCUT2D eigenvalue weighted by Gasteiger charge is -2.09. The van der Waals surface area contributed by atoms with Crippen molar-refractivity contribution in [1.29, 1.82) is 0 Å². The van der Waals surface area contributed by atoms with Crippen LogP contribution in [0.15, 0.2) is 54.9 Å². The maximum absolute atomic E-state index is 12.1. The molecule has 3 aromatic rings. The van der Waals surface area contributed by atoms with E-state index < -0.39 is 0 Å². The van der Waals surface area contributed by atoms with E-state index in [-0.39, 0.29) is 5.91 Å². The van der Waals surface area contributed by atoms with Gasteiger partial charge in [0.1, 0.15) is 6.54 Å². The number of benzene rings is 1. The molecular formula is C17H17N3O. The molecule has 0 atom stereocenters. The Hall–Kier alpha value is -2.62. The first-order valence-corrected chi connectivity index (χ1v) is 6.94. The van der Waals surface area contributed by atoms with E-state index in [0.717, 1.165) is 22.2 Å². The number of nitrogens with zero attached hydrogens (tertiary/aromatic N) is 2. The highest BCUT2D eigenvalue weighted by Crippen LogP contribution is 2.18. The summed E-state index contributed by atoms with van der Waals surface area (Å²) in [6.07, 6.45) is 3.45. The Labute approximate surface area is 123 Å². The lowest BCUT2D eigenvalue weighted by molar-refractivity contribution is -0.121. The molecule has 0 saturated carbocycles. The minimum Gasteiger partial charge on any atom is -0.350 e. The summed E-state index contributed by atoms with van der Waals surface area (Å²) in [5.74, 6) is 0.0104. The largest absolute Gasteiger partial charge is 0.350 e. The summed E-state index contributed by atoms with van der Waals surface area (Å²) in [6.45, 7) is 2.89. The zero-order chi connectivity index (χ0) is 14.7. The Balaban J connectivity index is 1.70. The predicted octanol–water partition coefficient (Wildman–Crippen LogP) is 2.66. The van der Waals surface area contributed by atoms with Gasteiger partial charge in [0.15, 0.2) is 0 Å². The van der Waals surface area contributed by atoms with E-state index in [9.17, 15) is 4.79 Å². The molecule has 4 nitrogen and oxygen atoms in total. The second kappa shape index (κ2) is 5.79. The minimum absolute atomic E-state index is 0.0104. The van der Waals surface area contributed by atoms with Gasteiger partial charge in [0.05, 0.1) is 0 Å². The van der Waals surface area contributed by atoms with Gasteiger partial charge < -0.3 is 9.88 Å². The summed E-state index contributed by atoms with van der Waals surface area (Å²) in [7, 11) is 0. The Morgan fingerprint density at radius 3 is 2.76 bits per heavy atom. The van der Waals surface area contributed by atoms with Gasteiger partial charge in [-0.25, -0.2) is 0 Å². The minimum atomic E-state index is 0.0104. The van der Waals surface area contributed by atoms with Crippen molar-refractivity contribution < 1.29 is 4.79 Å². The molecule has 106 valence electrons. The van der Waals surface area contributed by atoms with Crippen LogP contribution in [0.2, 0.25) is 0 Å². The topological polar surface area (TPSA) is 46.9 Å². The summed E-state index contributed by atoms with van der Waals surface area (Å²) in [6, 6.07) is 14.0. The number of rotatable bonds is 4. The zero-order valence-electron chi connectivity index (χ0n) is 11.9. The summed E-state index contributed by atoms with van der Waals surface area (Å²) >= 11 is 0. The van der Waals surface area contributed by atoms with Crippen molar-refractivity contribution in [2.45, 2.75) is 20.0 Å². The lowest BCUT2D eigenvalue weighted by Crippen LogP contribution is -2.27. The third kappa shape index (κ3) is 2.94.